The number of carbonyl (C=O) groups excluding carboxylic acids is 1. The number of nitrogens with two attached hydrogens (primary N) is 1. The highest BCUT2D eigenvalue weighted by Crippen LogP contribution is 2.35. The van der Waals surface area contributed by atoms with Gasteiger partial charge in [-0.1, -0.05) is 0 Å². The van der Waals surface area contributed by atoms with Crippen molar-refractivity contribution in [2.45, 2.75) is 18.5 Å². The molecule has 1 amide bonds. The van der Waals surface area contributed by atoms with Crippen LogP contribution in [-0.4, -0.2) is 18.3 Å². The maximum absolute atomic E-state index is 12.6. The number of amides is 1. The molecule has 0 saturated heterocycles. The lowest BCUT2D eigenvalue weighted by atomic mass is 10.1. The first-order valence-electron chi connectivity index (χ1n) is 4.90. The first-order valence-corrected chi connectivity index (χ1v) is 4.90. The second kappa shape index (κ2) is 5.17. The van der Waals surface area contributed by atoms with Crippen LogP contribution < -0.4 is 11.1 Å². The fourth-order valence-electron chi connectivity index (χ4n) is 1.19. The first-order chi connectivity index (χ1) is 8.96. The van der Waals surface area contributed by atoms with E-state index in [0.717, 1.165) is 6.07 Å². The number of hydrogen-bond donors (Lipinski definition) is 2. The summed E-state index contributed by atoms with van der Waals surface area (Å²) in [6.07, 6.45) is -9.16. The highest BCUT2D eigenvalue weighted by molar-refractivity contribution is 5.96. The number of rotatable bonds is 3. The van der Waals surface area contributed by atoms with Crippen LogP contribution in [0.4, 0.5) is 42.1 Å². The van der Waals surface area contributed by atoms with Crippen LogP contribution in [-0.2, 0) is 11.0 Å². The van der Waals surface area contributed by atoms with Crippen LogP contribution in [0.1, 0.15) is 5.56 Å². The van der Waals surface area contributed by atoms with Crippen LogP contribution in [0.25, 0.3) is 0 Å². The van der Waals surface area contributed by atoms with E-state index in [9.17, 15) is 35.5 Å². The molecule has 0 saturated carbocycles. The molecule has 3 N–H and O–H groups in total. The van der Waals surface area contributed by atoms with E-state index < -0.39 is 41.4 Å². The molecule has 112 valence electrons. The van der Waals surface area contributed by atoms with E-state index in [1.165, 1.54) is 5.32 Å². The van der Waals surface area contributed by atoms with Crippen molar-refractivity contribution in [1.29, 1.82) is 0 Å². The van der Waals surface area contributed by atoms with Gasteiger partial charge in [-0.3, -0.25) is 4.79 Å². The van der Waals surface area contributed by atoms with Crippen molar-refractivity contribution >= 4 is 17.3 Å². The van der Waals surface area contributed by atoms with Crippen LogP contribution in [0.5, 0.6) is 0 Å². The minimum atomic E-state index is -5.01. The molecule has 20 heavy (non-hydrogen) atoms. The van der Waals surface area contributed by atoms with Crippen molar-refractivity contribution in [2.75, 3.05) is 11.1 Å². The number of halogens is 7. The summed E-state index contributed by atoms with van der Waals surface area (Å²) in [5, 5.41) is 1.28. The van der Waals surface area contributed by atoms with Gasteiger partial charge in [-0.2, -0.15) is 22.0 Å². The van der Waals surface area contributed by atoms with E-state index in [0.29, 0.717) is 6.07 Å². The van der Waals surface area contributed by atoms with E-state index in [1.54, 1.807) is 0 Å². The Morgan fingerprint density at radius 2 is 1.70 bits per heavy atom. The lowest BCUT2D eigenvalue weighted by Gasteiger charge is -2.16. The van der Waals surface area contributed by atoms with Crippen LogP contribution in [0.2, 0.25) is 0 Å². The summed E-state index contributed by atoms with van der Waals surface area (Å²) in [6.45, 7) is 0. The van der Waals surface area contributed by atoms with Gasteiger partial charge in [0.2, 0.25) is 0 Å². The predicted molar refractivity (Wildman–Crippen MR) is 55.4 cm³/mol. The normalized spacial score (nSPS) is 12.6. The first kappa shape index (κ1) is 16.1. The van der Waals surface area contributed by atoms with Crippen LogP contribution >= 0.6 is 0 Å². The minimum Gasteiger partial charge on any atom is -0.398 e. The van der Waals surface area contributed by atoms with Crippen LogP contribution in [0.3, 0.4) is 0 Å². The number of carbonyl (C=O) groups is 1. The largest absolute Gasteiger partial charge is 0.418 e. The standard InChI is InChI=1S/C10H7F7N2O/c11-7(12)9(13,14)8(20)19-4-1-2-6(18)5(3-4)10(15,16)17/h1-3,7H,18H2,(H,19,20). The molecule has 0 bridgehead atoms. The molecule has 1 aromatic rings. The molecule has 0 aliphatic rings. The van der Waals surface area contributed by atoms with E-state index in [1.807, 2.05) is 0 Å². The number of hydrogen-bond acceptors (Lipinski definition) is 2. The maximum Gasteiger partial charge on any atom is 0.418 e. The molecule has 10 heteroatoms. The quantitative estimate of drug-likeness (QED) is 0.666. The SMILES string of the molecule is Nc1ccc(NC(=O)C(F)(F)C(F)F)cc1C(F)(F)F. The topological polar surface area (TPSA) is 55.1 Å². The Labute approximate surface area is 107 Å². The average Bonchev–Trinajstić information content (AvgIpc) is 2.29. The zero-order chi connectivity index (χ0) is 15.7. The summed E-state index contributed by atoms with van der Waals surface area (Å²) in [6, 6.07) is 1.76. The van der Waals surface area contributed by atoms with E-state index >= 15 is 0 Å². The van der Waals surface area contributed by atoms with Gasteiger partial charge in [-0.15, -0.1) is 0 Å². The summed E-state index contributed by atoms with van der Waals surface area (Å²) in [5.41, 5.74) is 2.24. The van der Waals surface area contributed by atoms with Gasteiger partial charge < -0.3 is 11.1 Å². The highest BCUT2D eigenvalue weighted by atomic mass is 19.4. The van der Waals surface area contributed by atoms with Gasteiger partial charge >= 0.3 is 24.4 Å². The predicted octanol–water partition coefficient (Wildman–Crippen LogP) is 3.13. The summed E-state index contributed by atoms with van der Waals surface area (Å²) >= 11 is 0. The Bertz CT molecular complexity index is 513. The second-order valence-corrected chi connectivity index (χ2v) is 3.68. The smallest absolute Gasteiger partial charge is 0.398 e. The van der Waals surface area contributed by atoms with Gasteiger partial charge in [-0.05, 0) is 18.2 Å². The van der Waals surface area contributed by atoms with Crippen molar-refractivity contribution in [2.24, 2.45) is 0 Å². The monoisotopic (exact) mass is 304 g/mol. The fraction of sp³-hybridized carbons (Fsp3) is 0.300. The highest BCUT2D eigenvalue weighted by Gasteiger charge is 2.49. The molecule has 1 aromatic carbocycles. The molecule has 0 unspecified atom stereocenters. The summed E-state index contributed by atoms with van der Waals surface area (Å²) in [7, 11) is 0. The van der Waals surface area contributed by atoms with E-state index in [-0.39, 0.29) is 6.07 Å². The Morgan fingerprint density at radius 3 is 2.15 bits per heavy atom. The molecule has 3 nitrogen and oxygen atoms in total. The molecule has 0 radical (unpaired) electrons. The van der Waals surface area contributed by atoms with Crippen LogP contribution in [0.15, 0.2) is 18.2 Å². The molecule has 0 heterocycles. The summed E-state index contributed by atoms with van der Waals surface area (Å²) in [4.78, 5) is 10.9. The average molecular weight is 304 g/mol. The summed E-state index contributed by atoms with van der Waals surface area (Å²) in [5.74, 6) is -7.43. The van der Waals surface area contributed by atoms with Crippen molar-refractivity contribution in [3.8, 4) is 0 Å². The van der Waals surface area contributed by atoms with Gasteiger partial charge in [0.1, 0.15) is 0 Å². The molecule has 0 aliphatic carbocycles. The number of anilines is 2. The molecular weight excluding hydrogens is 297 g/mol. The van der Waals surface area contributed by atoms with Gasteiger partial charge in [0.25, 0.3) is 0 Å². The molecule has 0 atom stereocenters. The molecule has 0 fully saturated rings. The minimum absolute atomic E-state index is 0.273. The van der Waals surface area contributed by atoms with E-state index in [4.69, 9.17) is 5.73 Å². The third kappa shape index (κ3) is 3.31. The summed E-state index contributed by atoms with van der Waals surface area (Å²) < 4.78 is 86.4. The lowest BCUT2D eigenvalue weighted by molar-refractivity contribution is -0.163. The number of nitrogen functional groups attached to an aromatic ring is 1. The van der Waals surface area contributed by atoms with Crippen molar-refractivity contribution in [3.05, 3.63) is 23.8 Å². The number of nitrogens with one attached hydrogen (secondary N) is 1. The van der Waals surface area contributed by atoms with Crippen molar-refractivity contribution in [1.82, 2.24) is 0 Å². The zero-order valence-electron chi connectivity index (χ0n) is 9.44. The fourth-order valence-corrected chi connectivity index (χ4v) is 1.19. The molecule has 0 spiro atoms. The van der Waals surface area contributed by atoms with Gasteiger partial charge in [-0.25, -0.2) is 8.78 Å². The van der Waals surface area contributed by atoms with Gasteiger partial charge in [0.15, 0.2) is 0 Å². The van der Waals surface area contributed by atoms with Gasteiger partial charge in [0, 0.05) is 11.4 Å². The maximum atomic E-state index is 12.6. The van der Waals surface area contributed by atoms with E-state index in [2.05, 4.69) is 0 Å². The third-order valence-electron chi connectivity index (χ3n) is 2.19. The Morgan fingerprint density at radius 1 is 1.15 bits per heavy atom. The second-order valence-electron chi connectivity index (χ2n) is 3.68. The third-order valence-corrected chi connectivity index (χ3v) is 2.19. The molecular formula is C10H7F7N2O. The van der Waals surface area contributed by atoms with Crippen molar-refractivity contribution in [3.63, 3.8) is 0 Å². The van der Waals surface area contributed by atoms with Crippen molar-refractivity contribution < 1.29 is 35.5 Å². The Balaban J connectivity index is 3.04. The molecule has 0 aliphatic heterocycles. The number of alkyl halides is 7. The Kier molecular flexibility index (Phi) is 4.15. The molecule has 0 aromatic heterocycles. The number of benzene rings is 1. The zero-order valence-corrected chi connectivity index (χ0v) is 9.44. The Hall–Kier alpha value is -2.00. The van der Waals surface area contributed by atoms with Crippen LogP contribution in [0, 0.1) is 0 Å². The molecule has 1 rings (SSSR count). The van der Waals surface area contributed by atoms with Gasteiger partial charge in [0.05, 0.1) is 5.56 Å². The lowest BCUT2D eigenvalue weighted by Crippen LogP contribution is -2.41.